The van der Waals surface area contributed by atoms with Gasteiger partial charge < -0.3 is 4.74 Å². The van der Waals surface area contributed by atoms with Gasteiger partial charge in [0.25, 0.3) is 0 Å². The van der Waals surface area contributed by atoms with Gasteiger partial charge in [-0.15, -0.1) is 12.4 Å². The van der Waals surface area contributed by atoms with E-state index in [1.165, 1.54) is 0 Å². The molecule has 1 heterocycles. The highest BCUT2D eigenvalue weighted by molar-refractivity contribution is 6.31. The molecular weight excluding hydrogens is 283 g/mol. The van der Waals surface area contributed by atoms with Crippen LogP contribution in [-0.4, -0.2) is 30.2 Å². The summed E-state index contributed by atoms with van der Waals surface area (Å²) in [6, 6.07) is 7.57. The summed E-state index contributed by atoms with van der Waals surface area (Å²) in [6.45, 7) is 6.82. The van der Waals surface area contributed by atoms with Crippen molar-refractivity contribution in [2.45, 2.75) is 32.6 Å². The van der Waals surface area contributed by atoms with Gasteiger partial charge >= 0.3 is 0 Å². The number of nitriles is 1. The third-order valence-corrected chi connectivity index (χ3v) is 3.42. The average Bonchev–Trinajstić information content (AvgIpc) is 2.30. The van der Waals surface area contributed by atoms with Crippen LogP contribution >= 0.6 is 24.0 Å². The van der Waals surface area contributed by atoms with E-state index < -0.39 is 0 Å². The fourth-order valence-electron chi connectivity index (χ4n) is 2.40. The number of halogens is 2. The first-order valence-corrected chi connectivity index (χ1v) is 6.52. The number of rotatable bonds is 2. The van der Waals surface area contributed by atoms with Crippen molar-refractivity contribution in [2.24, 2.45) is 0 Å². The van der Waals surface area contributed by atoms with E-state index in [4.69, 9.17) is 21.6 Å². The molecule has 0 amide bonds. The second-order valence-corrected chi connectivity index (χ2v) is 5.28. The van der Waals surface area contributed by atoms with Crippen molar-refractivity contribution in [3.05, 3.63) is 34.3 Å². The molecule has 1 aromatic rings. The molecule has 3 nitrogen and oxygen atoms in total. The van der Waals surface area contributed by atoms with Gasteiger partial charge in [0.1, 0.15) is 0 Å². The molecule has 0 aliphatic carbocycles. The molecule has 0 saturated carbocycles. The van der Waals surface area contributed by atoms with Crippen molar-refractivity contribution in [1.29, 1.82) is 5.26 Å². The zero-order valence-corrected chi connectivity index (χ0v) is 12.7. The first kappa shape index (κ1) is 16.3. The zero-order valence-electron chi connectivity index (χ0n) is 11.1. The van der Waals surface area contributed by atoms with Crippen LogP contribution in [0.4, 0.5) is 0 Å². The minimum Gasteiger partial charge on any atom is -0.373 e. The van der Waals surface area contributed by atoms with E-state index in [2.05, 4.69) is 24.8 Å². The Kier molecular flexibility index (Phi) is 6.09. The normalized spacial score (nSPS) is 23.5. The zero-order chi connectivity index (χ0) is 13.1. The number of hydrogen-bond donors (Lipinski definition) is 0. The van der Waals surface area contributed by atoms with Crippen molar-refractivity contribution in [3.8, 4) is 6.07 Å². The van der Waals surface area contributed by atoms with Crippen molar-refractivity contribution in [3.63, 3.8) is 0 Å². The second kappa shape index (κ2) is 7.12. The standard InChI is InChI=1S/C14H17ClN2O.ClH/c1-10-7-17(8-11(2)18-10)9-13-4-3-12(6-16)5-14(13)15;/h3-5,10-11H,7-9H2,1-2H3;1H. The monoisotopic (exact) mass is 300 g/mol. The van der Waals surface area contributed by atoms with E-state index in [9.17, 15) is 0 Å². The van der Waals surface area contributed by atoms with Gasteiger partial charge in [-0.3, -0.25) is 4.90 Å². The first-order chi connectivity index (χ1) is 8.58. The lowest BCUT2D eigenvalue weighted by atomic mass is 10.1. The Morgan fingerprint density at radius 3 is 2.53 bits per heavy atom. The minimum absolute atomic E-state index is 0. The molecule has 1 saturated heterocycles. The van der Waals surface area contributed by atoms with Gasteiger partial charge in [0, 0.05) is 24.7 Å². The van der Waals surface area contributed by atoms with E-state index in [0.29, 0.717) is 10.6 Å². The topological polar surface area (TPSA) is 36.3 Å². The highest BCUT2D eigenvalue weighted by atomic mass is 35.5. The average molecular weight is 301 g/mol. The summed E-state index contributed by atoms with van der Waals surface area (Å²) in [5, 5.41) is 9.48. The lowest BCUT2D eigenvalue weighted by Crippen LogP contribution is -2.44. The Morgan fingerprint density at radius 2 is 2.00 bits per heavy atom. The maximum absolute atomic E-state index is 8.81. The van der Waals surface area contributed by atoms with Crippen molar-refractivity contribution in [2.75, 3.05) is 13.1 Å². The van der Waals surface area contributed by atoms with Crippen molar-refractivity contribution >= 4 is 24.0 Å². The molecule has 2 unspecified atom stereocenters. The van der Waals surface area contributed by atoms with Gasteiger partial charge in [-0.2, -0.15) is 5.26 Å². The predicted molar refractivity (Wildman–Crippen MR) is 78.7 cm³/mol. The van der Waals surface area contributed by atoms with E-state index >= 15 is 0 Å². The molecule has 5 heteroatoms. The first-order valence-electron chi connectivity index (χ1n) is 6.15. The summed E-state index contributed by atoms with van der Waals surface area (Å²) in [7, 11) is 0. The van der Waals surface area contributed by atoms with Crippen LogP contribution in [0.3, 0.4) is 0 Å². The maximum Gasteiger partial charge on any atom is 0.0992 e. The number of nitrogens with zero attached hydrogens (tertiary/aromatic N) is 2. The minimum atomic E-state index is 0. The quantitative estimate of drug-likeness (QED) is 0.841. The maximum atomic E-state index is 8.81. The second-order valence-electron chi connectivity index (χ2n) is 4.87. The number of ether oxygens (including phenoxy) is 1. The van der Waals surface area contributed by atoms with Crippen LogP contribution in [0.2, 0.25) is 5.02 Å². The Hall–Kier alpha value is -0.790. The molecule has 1 fully saturated rings. The molecule has 19 heavy (non-hydrogen) atoms. The largest absolute Gasteiger partial charge is 0.373 e. The van der Waals surface area contributed by atoms with Crippen LogP contribution in [0.25, 0.3) is 0 Å². The molecule has 104 valence electrons. The van der Waals surface area contributed by atoms with Crippen LogP contribution in [0.5, 0.6) is 0 Å². The Balaban J connectivity index is 0.00000180. The summed E-state index contributed by atoms with van der Waals surface area (Å²) >= 11 is 6.19. The van der Waals surface area contributed by atoms with Crippen LogP contribution in [0, 0.1) is 11.3 Å². The SMILES string of the molecule is CC1CN(Cc2ccc(C#N)cc2Cl)CC(C)O1.Cl. The molecule has 1 aromatic carbocycles. The smallest absolute Gasteiger partial charge is 0.0992 e. The molecule has 0 aromatic heterocycles. The highest BCUT2D eigenvalue weighted by Gasteiger charge is 2.22. The fraction of sp³-hybridized carbons (Fsp3) is 0.500. The summed E-state index contributed by atoms with van der Waals surface area (Å²) in [5.41, 5.74) is 1.67. The summed E-state index contributed by atoms with van der Waals surface area (Å²) in [4.78, 5) is 2.34. The van der Waals surface area contributed by atoms with Crippen LogP contribution in [0.15, 0.2) is 18.2 Å². The third kappa shape index (κ3) is 4.36. The Morgan fingerprint density at radius 1 is 1.37 bits per heavy atom. The molecule has 1 aliphatic heterocycles. The van der Waals surface area contributed by atoms with E-state index in [1.54, 1.807) is 6.07 Å². The van der Waals surface area contributed by atoms with Gasteiger partial charge in [0.15, 0.2) is 0 Å². The lowest BCUT2D eigenvalue weighted by Gasteiger charge is -2.35. The molecular formula is C14H18Cl2N2O. The predicted octanol–water partition coefficient (Wildman–Crippen LogP) is 3.24. The molecule has 0 N–H and O–H groups in total. The molecule has 1 aliphatic rings. The van der Waals surface area contributed by atoms with Gasteiger partial charge in [-0.1, -0.05) is 17.7 Å². The summed E-state index contributed by atoms with van der Waals surface area (Å²) in [5.74, 6) is 0. The van der Waals surface area contributed by atoms with E-state index in [-0.39, 0.29) is 24.6 Å². The molecule has 0 spiro atoms. The van der Waals surface area contributed by atoms with Crippen molar-refractivity contribution in [1.82, 2.24) is 4.90 Å². The summed E-state index contributed by atoms with van der Waals surface area (Å²) < 4.78 is 5.70. The van der Waals surface area contributed by atoms with Crippen LogP contribution in [0.1, 0.15) is 25.0 Å². The Bertz CT molecular complexity index is 463. The molecule has 2 atom stereocenters. The number of hydrogen-bond acceptors (Lipinski definition) is 3. The summed E-state index contributed by atoms with van der Waals surface area (Å²) in [6.07, 6.45) is 0.511. The third-order valence-electron chi connectivity index (χ3n) is 3.07. The molecule has 0 bridgehead atoms. The van der Waals surface area contributed by atoms with Crippen LogP contribution < -0.4 is 0 Å². The van der Waals surface area contributed by atoms with Gasteiger partial charge in [0.2, 0.25) is 0 Å². The van der Waals surface area contributed by atoms with Gasteiger partial charge in [0.05, 0.1) is 23.8 Å². The van der Waals surface area contributed by atoms with E-state index in [1.807, 2.05) is 12.1 Å². The lowest BCUT2D eigenvalue weighted by molar-refractivity contribution is -0.0704. The van der Waals surface area contributed by atoms with Gasteiger partial charge in [-0.25, -0.2) is 0 Å². The van der Waals surface area contributed by atoms with Crippen molar-refractivity contribution < 1.29 is 4.74 Å². The molecule has 0 radical (unpaired) electrons. The number of morpholine rings is 1. The van der Waals surface area contributed by atoms with E-state index in [0.717, 1.165) is 25.2 Å². The van der Waals surface area contributed by atoms with Gasteiger partial charge in [-0.05, 0) is 31.5 Å². The fourth-order valence-corrected chi connectivity index (χ4v) is 2.64. The highest BCUT2D eigenvalue weighted by Crippen LogP contribution is 2.21. The number of benzene rings is 1. The van der Waals surface area contributed by atoms with Crippen LogP contribution in [-0.2, 0) is 11.3 Å². The Labute approximate surface area is 125 Å². The molecule has 2 rings (SSSR count).